The van der Waals surface area contributed by atoms with Crippen LogP contribution in [0.1, 0.15) is 43.8 Å². The standard InChI is InChI=1S/C16H22O2/c17-15(13-7-3-1-4-8-13)11-12-16(18)14-9-5-2-6-10-14/h1,3-4,7-8,11-12,14-18H,2,5-6,9-10H2/b12-11+/t15-,16-/m1/s1. The van der Waals surface area contributed by atoms with Gasteiger partial charge in [-0.25, -0.2) is 0 Å². The Morgan fingerprint density at radius 1 is 0.944 bits per heavy atom. The second-order valence-electron chi connectivity index (χ2n) is 5.13. The van der Waals surface area contributed by atoms with Crippen molar-refractivity contribution in [1.82, 2.24) is 0 Å². The summed E-state index contributed by atoms with van der Waals surface area (Å²) in [7, 11) is 0. The lowest BCUT2D eigenvalue weighted by atomic mass is 9.85. The first-order chi connectivity index (χ1) is 8.77. The summed E-state index contributed by atoms with van der Waals surface area (Å²) in [5.74, 6) is 0.373. The molecule has 2 heteroatoms. The van der Waals surface area contributed by atoms with Gasteiger partial charge in [-0.1, -0.05) is 61.7 Å². The topological polar surface area (TPSA) is 40.5 Å². The van der Waals surface area contributed by atoms with Crippen molar-refractivity contribution in [3.63, 3.8) is 0 Å². The highest BCUT2D eigenvalue weighted by Gasteiger charge is 2.19. The molecule has 1 fully saturated rings. The van der Waals surface area contributed by atoms with Crippen molar-refractivity contribution < 1.29 is 10.2 Å². The first-order valence-corrected chi connectivity index (χ1v) is 6.87. The molecule has 0 bridgehead atoms. The van der Waals surface area contributed by atoms with E-state index in [4.69, 9.17) is 0 Å². The van der Waals surface area contributed by atoms with Gasteiger partial charge in [-0.05, 0) is 24.3 Å². The fraction of sp³-hybridized carbons (Fsp3) is 0.500. The summed E-state index contributed by atoms with van der Waals surface area (Å²) in [6.45, 7) is 0. The lowest BCUT2D eigenvalue weighted by Crippen LogP contribution is -2.20. The molecular formula is C16H22O2. The average Bonchev–Trinajstić information content (AvgIpc) is 2.46. The van der Waals surface area contributed by atoms with E-state index >= 15 is 0 Å². The van der Waals surface area contributed by atoms with Gasteiger partial charge in [-0.2, -0.15) is 0 Å². The van der Waals surface area contributed by atoms with Crippen LogP contribution in [0, 0.1) is 5.92 Å². The smallest absolute Gasteiger partial charge is 0.0972 e. The molecular weight excluding hydrogens is 224 g/mol. The van der Waals surface area contributed by atoms with Gasteiger partial charge in [0.05, 0.1) is 12.2 Å². The third-order valence-corrected chi connectivity index (χ3v) is 3.76. The summed E-state index contributed by atoms with van der Waals surface area (Å²) < 4.78 is 0. The number of hydrogen-bond acceptors (Lipinski definition) is 2. The van der Waals surface area contributed by atoms with Gasteiger partial charge in [0.15, 0.2) is 0 Å². The molecule has 0 radical (unpaired) electrons. The molecule has 1 aliphatic carbocycles. The fourth-order valence-electron chi connectivity index (χ4n) is 2.61. The van der Waals surface area contributed by atoms with Crippen LogP contribution in [-0.2, 0) is 0 Å². The predicted octanol–water partition coefficient (Wildman–Crippen LogP) is 3.22. The monoisotopic (exact) mass is 246 g/mol. The minimum absolute atomic E-state index is 0.373. The van der Waals surface area contributed by atoms with Gasteiger partial charge in [0.25, 0.3) is 0 Å². The Kier molecular flexibility index (Phi) is 4.97. The third-order valence-electron chi connectivity index (χ3n) is 3.76. The van der Waals surface area contributed by atoms with Crippen molar-refractivity contribution >= 4 is 0 Å². The largest absolute Gasteiger partial charge is 0.389 e. The zero-order chi connectivity index (χ0) is 12.8. The molecule has 1 saturated carbocycles. The van der Waals surface area contributed by atoms with Crippen LogP contribution < -0.4 is 0 Å². The highest BCUT2D eigenvalue weighted by Crippen LogP contribution is 2.27. The minimum Gasteiger partial charge on any atom is -0.389 e. The molecule has 2 atom stereocenters. The van der Waals surface area contributed by atoms with E-state index in [9.17, 15) is 10.2 Å². The van der Waals surface area contributed by atoms with Crippen LogP contribution in [-0.4, -0.2) is 16.3 Å². The Bertz CT molecular complexity index is 366. The van der Waals surface area contributed by atoms with Crippen LogP contribution in [0.2, 0.25) is 0 Å². The van der Waals surface area contributed by atoms with Gasteiger partial charge in [-0.3, -0.25) is 0 Å². The zero-order valence-electron chi connectivity index (χ0n) is 10.7. The summed E-state index contributed by atoms with van der Waals surface area (Å²) >= 11 is 0. The molecule has 0 saturated heterocycles. The third kappa shape index (κ3) is 3.69. The summed E-state index contributed by atoms with van der Waals surface area (Å²) in [6, 6.07) is 9.52. The van der Waals surface area contributed by atoms with E-state index in [0.29, 0.717) is 5.92 Å². The molecule has 0 unspecified atom stereocenters. The Hall–Kier alpha value is -1.12. The molecule has 0 aromatic heterocycles. The van der Waals surface area contributed by atoms with Gasteiger partial charge in [0.2, 0.25) is 0 Å². The summed E-state index contributed by atoms with van der Waals surface area (Å²) in [5.41, 5.74) is 0.865. The highest BCUT2D eigenvalue weighted by molar-refractivity contribution is 5.21. The molecule has 2 N–H and O–H groups in total. The van der Waals surface area contributed by atoms with Crippen molar-refractivity contribution in [1.29, 1.82) is 0 Å². The summed E-state index contributed by atoms with van der Waals surface area (Å²) in [6.07, 6.45) is 8.36. The van der Waals surface area contributed by atoms with Gasteiger partial charge in [0, 0.05) is 0 Å². The second-order valence-corrected chi connectivity index (χ2v) is 5.13. The molecule has 2 nitrogen and oxygen atoms in total. The average molecular weight is 246 g/mol. The number of hydrogen-bond donors (Lipinski definition) is 2. The van der Waals surface area contributed by atoms with E-state index < -0.39 is 12.2 Å². The van der Waals surface area contributed by atoms with Crippen LogP contribution in [0.4, 0.5) is 0 Å². The maximum Gasteiger partial charge on any atom is 0.0972 e. The normalized spacial score (nSPS) is 21.0. The minimum atomic E-state index is -0.621. The summed E-state index contributed by atoms with van der Waals surface area (Å²) in [4.78, 5) is 0. The molecule has 0 aliphatic heterocycles. The van der Waals surface area contributed by atoms with Crippen molar-refractivity contribution in [3.05, 3.63) is 48.0 Å². The quantitative estimate of drug-likeness (QED) is 0.801. The van der Waals surface area contributed by atoms with Gasteiger partial charge < -0.3 is 10.2 Å². The van der Waals surface area contributed by atoms with Crippen LogP contribution in [0.5, 0.6) is 0 Å². The van der Waals surface area contributed by atoms with Gasteiger partial charge in [-0.15, -0.1) is 0 Å². The van der Waals surface area contributed by atoms with E-state index in [1.54, 1.807) is 12.2 Å². The van der Waals surface area contributed by atoms with E-state index in [2.05, 4.69) is 0 Å². The van der Waals surface area contributed by atoms with Crippen LogP contribution in [0.15, 0.2) is 42.5 Å². The van der Waals surface area contributed by atoms with Gasteiger partial charge in [0.1, 0.15) is 0 Å². The lowest BCUT2D eigenvalue weighted by Gasteiger charge is -2.24. The molecule has 98 valence electrons. The number of aliphatic hydroxyl groups excluding tert-OH is 2. The Morgan fingerprint density at radius 3 is 2.28 bits per heavy atom. The van der Waals surface area contributed by atoms with E-state index in [1.807, 2.05) is 30.3 Å². The Balaban J connectivity index is 1.89. The number of aliphatic hydroxyl groups is 2. The first-order valence-electron chi connectivity index (χ1n) is 6.87. The van der Waals surface area contributed by atoms with E-state index in [-0.39, 0.29) is 0 Å². The Labute approximate surface area is 109 Å². The first kappa shape index (κ1) is 13.3. The molecule has 0 amide bonds. The van der Waals surface area contributed by atoms with E-state index in [0.717, 1.165) is 18.4 Å². The molecule has 1 aliphatic rings. The molecule has 2 rings (SSSR count). The van der Waals surface area contributed by atoms with Crippen molar-refractivity contribution in [2.45, 2.75) is 44.3 Å². The molecule has 1 aromatic carbocycles. The maximum atomic E-state index is 10.1. The van der Waals surface area contributed by atoms with Crippen molar-refractivity contribution in [2.24, 2.45) is 5.92 Å². The SMILES string of the molecule is O[C@H](/C=C/[C@@H](O)C1CCCCC1)c1ccccc1. The Morgan fingerprint density at radius 2 is 1.61 bits per heavy atom. The van der Waals surface area contributed by atoms with Crippen LogP contribution in [0.25, 0.3) is 0 Å². The van der Waals surface area contributed by atoms with Gasteiger partial charge >= 0.3 is 0 Å². The summed E-state index contributed by atoms with van der Waals surface area (Å²) in [5, 5.41) is 20.0. The van der Waals surface area contributed by atoms with E-state index in [1.165, 1.54) is 19.3 Å². The van der Waals surface area contributed by atoms with Crippen molar-refractivity contribution in [3.8, 4) is 0 Å². The zero-order valence-corrected chi connectivity index (χ0v) is 10.7. The molecule has 0 heterocycles. The van der Waals surface area contributed by atoms with Crippen LogP contribution in [0.3, 0.4) is 0 Å². The lowest BCUT2D eigenvalue weighted by molar-refractivity contribution is 0.123. The highest BCUT2D eigenvalue weighted by atomic mass is 16.3. The fourth-order valence-corrected chi connectivity index (χ4v) is 2.61. The van der Waals surface area contributed by atoms with Crippen molar-refractivity contribution in [2.75, 3.05) is 0 Å². The molecule has 1 aromatic rings. The number of benzene rings is 1. The molecule has 18 heavy (non-hydrogen) atoms. The predicted molar refractivity (Wildman–Crippen MR) is 73.1 cm³/mol. The second kappa shape index (κ2) is 6.72. The number of rotatable bonds is 4. The molecule has 0 spiro atoms. The maximum absolute atomic E-state index is 10.1. The van der Waals surface area contributed by atoms with Crippen LogP contribution >= 0.6 is 0 Å².